The third-order valence-electron chi connectivity index (χ3n) is 3.62. The molecule has 2 heterocycles. The molecule has 0 fully saturated rings. The first-order valence-corrected chi connectivity index (χ1v) is 7.86. The van der Waals surface area contributed by atoms with Crippen molar-refractivity contribution >= 4 is 11.6 Å². The fourth-order valence-electron chi connectivity index (χ4n) is 2.31. The van der Waals surface area contributed by atoms with Gasteiger partial charge in [0.2, 0.25) is 0 Å². The molecule has 2 aromatic heterocycles. The maximum absolute atomic E-state index is 12.3. The highest BCUT2D eigenvalue weighted by Gasteiger charge is 2.16. The van der Waals surface area contributed by atoms with E-state index in [2.05, 4.69) is 10.3 Å². The van der Waals surface area contributed by atoms with E-state index in [0.717, 1.165) is 5.56 Å². The molecule has 1 aromatic carbocycles. The minimum Gasteiger partial charge on any atom is -0.618 e. The normalized spacial score (nSPS) is 10.2. The van der Waals surface area contributed by atoms with Crippen LogP contribution >= 0.6 is 0 Å². The van der Waals surface area contributed by atoms with E-state index in [-0.39, 0.29) is 5.69 Å². The lowest BCUT2D eigenvalue weighted by Gasteiger charge is -2.13. The predicted octanol–water partition coefficient (Wildman–Crippen LogP) is 2.55. The van der Waals surface area contributed by atoms with Gasteiger partial charge in [-0.2, -0.15) is 4.73 Å². The number of methoxy groups -OCH3 is 1. The van der Waals surface area contributed by atoms with Gasteiger partial charge >= 0.3 is 5.91 Å². The molecule has 132 valence electrons. The average Bonchev–Trinajstić information content (AvgIpc) is 2.67. The Morgan fingerprint density at radius 1 is 1.15 bits per heavy atom. The SMILES string of the molecule is COc1ccc(NC(=O)c2cccc[n+]2[O-])cc1OCc1ccncc1. The minimum atomic E-state index is -0.508. The number of ether oxygens (including phenoxy) is 2. The van der Waals surface area contributed by atoms with Crippen LogP contribution in [-0.4, -0.2) is 18.0 Å². The second kappa shape index (κ2) is 7.98. The van der Waals surface area contributed by atoms with Gasteiger partial charge in [-0.05, 0) is 35.9 Å². The molecule has 0 saturated heterocycles. The van der Waals surface area contributed by atoms with Crippen molar-refractivity contribution in [2.45, 2.75) is 6.61 Å². The molecule has 1 amide bonds. The third-order valence-corrected chi connectivity index (χ3v) is 3.62. The Balaban J connectivity index is 1.76. The zero-order chi connectivity index (χ0) is 18.4. The molecule has 3 aromatic rings. The summed E-state index contributed by atoms with van der Waals surface area (Å²) in [5.41, 5.74) is 1.44. The van der Waals surface area contributed by atoms with E-state index >= 15 is 0 Å². The summed E-state index contributed by atoms with van der Waals surface area (Å²) in [6, 6.07) is 13.3. The summed E-state index contributed by atoms with van der Waals surface area (Å²) in [5, 5.41) is 14.4. The zero-order valence-electron chi connectivity index (χ0n) is 14.1. The number of hydrogen-bond acceptors (Lipinski definition) is 5. The summed E-state index contributed by atoms with van der Waals surface area (Å²) in [7, 11) is 1.54. The van der Waals surface area contributed by atoms with Gasteiger partial charge < -0.3 is 20.0 Å². The Morgan fingerprint density at radius 3 is 2.69 bits per heavy atom. The lowest BCUT2D eigenvalue weighted by molar-refractivity contribution is -0.607. The molecule has 0 saturated carbocycles. The number of carbonyl (C=O) groups is 1. The Kier molecular flexibility index (Phi) is 5.28. The molecule has 3 rings (SSSR count). The van der Waals surface area contributed by atoms with Crippen molar-refractivity contribution in [1.82, 2.24) is 4.98 Å². The van der Waals surface area contributed by atoms with Crippen LogP contribution in [0.15, 0.2) is 67.1 Å². The van der Waals surface area contributed by atoms with Crippen molar-refractivity contribution in [2.24, 2.45) is 0 Å². The number of carbonyl (C=O) groups excluding carboxylic acids is 1. The number of rotatable bonds is 6. The van der Waals surface area contributed by atoms with Crippen LogP contribution in [0.5, 0.6) is 11.5 Å². The van der Waals surface area contributed by atoms with E-state index in [1.54, 1.807) is 42.7 Å². The summed E-state index contributed by atoms with van der Waals surface area (Å²) < 4.78 is 11.6. The van der Waals surface area contributed by atoms with Crippen molar-refractivity contribution in [3.8, 4) is 11.5 Å². The standard InChI is InChI=1S/C19H17N3O4/c1-25-17-6-5-15(21-19(23)16-4-2-3-11-22(16)24)12-18(17)26-13-14-7-9-20-10-8-14/h2-12H,13H2,1H3,(H,21,23). The first-order chi connectivity index (χ1) is 12.7. The van der Waals surface area contributed by atoms with Crippen LogP contribution in [0.4, 0.5) is 5.69 Å². The number of anilines is 1. The number of hydrogen-bond donors (Lipinski definition) is 1. The molecule has 0 spiro atoms. The average molecular weight is 351 g/mol. The van der Waals surface area contributed by atoms with Gasteiger partial charge in [0.05, 0.1) is 7.11 Å². The number of aromatic nitrogens is 2. The molecular weight excluding hydrogens is 334 g/mol. The van der Waals surface area contributed by atoms with Crippen LogP contribution < -0.4 is 19.5 Å². The lowest BCUT2D eigenvalue weighted by atomic mass is 10.2. The van der Waals surface area contributed by atoms with Gasteiger partial charge in [-0.3, -0.25) is 9.78 Å². The second-order valence-corrected chi connectivity index (χ2v) is 5.38. The Bertz CT molecular complexity index is 900. The molecule has 0 unspecified atom stereocenters. The molecule has 1 N–H and O–H groups in total. The summed E-state index contributed by atoms with van der Waals surface area (Å²) in [5.74, 6) is 0.506. The van der Waals surface area contributed by atoms with Gasteiger partial charge in [-0.1, -0.05) is 0 Å². The molecule has 0 atom stereocenters. The van der Waals surface area contributed by atoms with E-state index in [4.69, 9.17) is 9.47 Å². The van der Waals surface area contributed by atoms with Gasteiger partial charge in [0.25, 0.3) is 5.69 Å². The summed E-state index contributed by atoms with van der Waals surface area (Å²) >= 11 is 0. The predicted molar refractivity (Wildman–Crippen MR) is 94.9 cm³/mol. The van der Waals surface area contributed by atoms with Crippen LogP contribution in [0.25, 0.3) is 0 Å². The highest BCUT2D eigenvalue weighted by molar-refractivity contribution is 6.02. The van der Waals surface area contributed by atoms with Crippen molar-refractivity contribution < 1.29 is 19.0 Å². The zero-order valence-corrected chi connectivity index (χ0v) is 14.1. The number of nitrogens with one attached hydrogen (secondary N) is 1. The monoisotopic (exact) mass is 351 g/mol. The van der Waals surface area contributed by atoms with E-state index in [9.17, 15) is 10.0 Å². The quantitative estimate of drug-likeness (QED) is 0.545. The fourth-order valence-corrected chi connectivity index (χ4v) is 2.31. The summed E-state index contributed by atoms with van der Waals surface area (Å²) in [4.78, 5) is 16.2. The minimum absolute atomic E-state index is 0.00238. The molecule has 26 heavy (non-hydrogen) atoms. The molecule has 0 aliphatic heterocycles. The number of benzene rings is 1. The van der Waals surface area contributed by atoms with Crippen LogP contribution in [0.3, 0.4) is 0 Å². The molecule has 7 heteroatoms. The van der Waals surface area contributed by atoms with Crippen LogP contribution in [0.2, 0.25) is 0 Å². The largest absolute Gasteiger partial charge is 0.618 e. The van der Waals surface area contributed by atoms with Gasteiger partial charge in [0, 0.05) is 36.3 Å². The van der Waals surface area contributed by atoms with E-state index in [0.29, 0.717) is 28.5 Å². The summed E-state index contributed by atoms with van der Waals surface area (Å²) in [6.45, 7) is 0.329. The topological polar surface area (TPSA) is 87.4 Å². The fraction of sp³-hybridized carbons (Fsp3) is 0.105. The molecule has 7 nitrogen and oxygen atoms in total. The maximum Gasteiger partial charge on any atom is 0.321 e. The van der Waals surface area contributed by atoms with Crippen molar-refractivity contribution in [2.75, 3.05) is 12.4 Å². The van der Waals surface area contributed by atoms with Crippen molar-refractivity contribution in [3.05, 3.63) is 83.6 Å². The van der Waals surface area contributed by atoms with Gasteiger partial charge in [0.15, 0.2) is 17.7 Å². The van der Waals surface area contributed by atoms with Crippen LogP contribution in [-0.2, 0) is 6.61 Å². The van der Waals surface area contributed by atoms with Crippen LogP contribution in [0, 0.1) is 5.21 Å². The molecule has 0 aliphatic rings. The van der Waals surface area contributed by atoms with E-state index < -0.39 is 5.91 Å². The Morgan fingerprint density at radius 2 is 1.96 bits per heavy atom. The molecule has 0 bridgehead atoms. The van der Waals surface area contributed by atoms with Gasteiger partial charge in [-0.15, -0.1) is 0 Å². The molecule has 0 aliphatic carbocycles. The highest BCUT2D eigenvalue weighted by atomic mass is 16.5. The molecular formula is C19H17N3O4. The lowest BCUT2D eigenvalue weighted by Crippen LogP contribution is -2.36. The van der Waals surface area contributed by atoms with Crippen molar-refractivity contribution in [3.63, 3.8) is 0 Å². The van der Waals surface area contributed by atoms with E-state index in [1.807, 2.05) is 12.1 Å². The Hall–Kier alpha value is -3.61. The smallest absolute Gasteiger partial charge is 0.321 e. The first kappa shape index (κ1) is 17.2. The first-order valence-electron chi connectivity index (χ1n) is 7.86. The highest BCUT2D eigenvalue weighted by Crippen LogP contribution is 2.31. The summed E-state index contributed by atoms with van der Waals surface area (Å²) in [6.07, 6.45) is 4.64. The van der Waals surface area contributed by atoms with E-state index in [1.165, 1.54) is 19.4 Å². The van der Waals surface area contributed by atoms with Crippen molar-refractivity contribution in [1.29, 1.82) is 0 Å². The van der Waals surface area contributed by atoms with Crippen LogP contribution in [0.1, 0.15) is 16.1 Å². The second-order valence-electron chi connectivity index (χ2n) is 5.38. The Labute approximate surface area is 150 Å². The number of pyridine rings is 2. The molecule has 0 radical (unpaired) electrons. The van der Waals surface area contributed by atoms with Gasteiger partial charge in [-0.25, -0.2) is 0 Å². The number of nitrogens with zero attached hydrogens (tertiary/aromatic N) is 2. The number of amides is 1. The maximum atomic E-state index is 12.3. The third kappa shape index (κ3) is 4.07. The van der Waals surface area contributed by atoms with Gasteiger partial charge in [0.1, 0.15) is 6.61 Å².